The van der Waals surface area contributed by atoms with E-state index in [9.17, 15) is 19.2 Å². The van der Waals surface area contributed by atoms with Crippen molar-refractivity contribution in [1.29, 1.82) is 0 Å². The Kier molecular flexibility index (Phi) is 4.67. The Morgan fingerprint density at radius 3 is 1.47 bits per heavy atom. The van der Waals surface area contributed by atoms with Crippen LogP contribution in [0.15, 0.2) is 73.9 Å². The Hall–Kier alpha value is -3.54. The smallest absolute Gasteiger partial charge is 0.234 e. The molecule has 2 saturated carbocycles. The summed E-state index contributed by atoms with van der Waals surface area (Å²) in [6, 6.07) is 8.37. The van der Waals surface area contributed by atoms with Gasteiger partial charge < -0.3 is 0 Å². The third-order valence-electron chi connectivity index (χ3n) is 11.1. The topological polar surface area (TPSA) is 92.3 Å². The zero-order valence-electron chi connectivity index (χ0n) is 21.4. The van der Waals surface area contributed by atoms with Gasteiger partial charge in [-0.3, -0.25) is 29.8 Å². The van der Waals surface area contributed by atoms with Gasteiger partial charge in [0, 0.05) is 10.8 Å². The highest BCUT2D eigenvalue weighted by Crippen LogP contribution is 2.70. The van der Waals surface area contributed by atoms with Crippen molar-refractivity contribution in [3.05, 3.63) is 85.0 Å². The largest absolute Gasteiger partial charge is 0.296 e. The number of hydrogen-bond donors (Lipinski definition) is 2. The van der Waals surface area contributed by atoms with E-state index in [4.69, 9.17) is 0 Å². The number of benzene rings is 1. The number of carbonyl (C=O) groups excluding carboxylic acids is 4. The zero-order valence-corrected chi connectivity index (χ0v) is 21.4. The molecule has 6 nitrogen and oxygen atoms in total. The van der Waals surface area contributed by atoms with E-state index in [0.29, 0.717) is 25.7 Å². The second kappa shape index (κ2) is 7.52. The second-order valence-electron chi connectivity index (χ2n) is 12.2. The third-order valence-corrected chi connectivity index (χ3v) is 11.1. The molecule has 2 heterocycles. The molecule has 4 fully saturated rings. The van der Waals surface area contributed by atoms with Crippen LogP contribution in [-0.2, 0) is 30.0 Å². The molecule has 0 aromatic heterocycles. The zero-order chi connectivity index (χ0) is 26.5. The minimum absolute atomic E-state index is 0.0361. The summed E-state index contributed by atoms with van der Waals surface area (Å²) < 4.78 is 0. The van der Waals surface area contributed by atoms with E-state index in [1.165, 1.54) is 0 Å². The Bertz CT molecular complexity index is 1290. The van der Waals surface area contributed by atoms with Gasteiger partial charge in [0.05, 0.1) is 22.7 Å². The predicted molar refractivity (Wildman–Crippen MR) is 141 cm³/mol. The summed E-state index contributed by atoms with van der Waals surface area (Å²) in [4.78, 5) is 52.8. The lowest BCUT2D eigenvalue weighted by atomic mass is 9.55. The highest BCUT2D eigenvalue weighted by molar-refractivity contribution is 6.11. The van der Waals surface area contributed by atoms with Crippen molar-refractivity contribution in [2.75, 3.05) is 0 Å². The maximum Gasteiger partial charge on any atom is 0.234 e. The maximum absolute atomic E-state index is 13.5. The summed E-state index contributed by atoms with van der Waals surface area (Å²) in [5.41, 5.74) is -0.730. The number of nitrogens with one attached hydrogen (secondary N) is 2. The van der Waals surface area contributed by atoms with Crippen molar-refractivity contribution in [1.82, 2.24) is 10.6 Å². The van der Waals surface area contributed by atoms with E-state index in [0.717, 1.165) is 24.0 Å². The van der Waals surface area contributed by atoms with Gasteiger partial charge in [0.25, 0.3) is 0 Å². The van der Waals surface area contributed by atoms with E-state index in [-0.39, 0.29) is 47.3 Å². The normalized spacial score (nSPS) is 42.9. The molecule has 6 aliphatic rings. The first-order valence-corrected chi connectivity index (χ1v) is 13.7. The Morgan fingerprint density at radius 1 is 0.711 bits per heavy atom. The highest BCUT2D eigenvalue weighted by Gasteiger charge is 2.75. The van der Waals surface area contributed by atoms with Gasteiger partial charge in [-0.05, 0) is 61.5 Å². The van der Waals surface area contributed by atoms with Crippen LogP contribution in [0.2, 0.25) is 0 Å². The van der Waals surface area contributed by atoms with Gasteiger partial charge in [0.15, 0.2) is 0 Å². The molecule has 38 heavy (non-hydrogen) atoms. The van der Waals surface area contributed by atoms with Crippen LogP contribution in [-0.4, -0.2) is 23.6 Å². The van der Waals surface area contributed by atoms with Gasteiger partial charge in [-0.15, -0.1) is 13.2 Å². The predicted octanol–water partition coefficient (Wildman–Crippen LogP) is 3.79. The molecular formula is C32H32N2O4. The van der Waals surface area contributed by atoms with E-state index in [2.05, 4.69) is 72.4 Å². The molecule has 2 saturated heterocycles. The van der Waals surface area contributed by atoms with Gasteiger partial charge >= 0.3 is 0 Å². The summed E-state index contributed by atoms with van der Waals surface area (Å²) in [7, 11) is 0. The van der Waals surface area contributed by atoms with E-state index in [1.807, 2.05) is 12.2 Å². The van der Waals surface area contributed by atoms with Gasteiger partial charge in [0.1, 0.15) is 0 Å². The van der Waals surface area contributed by atoms with Crippen molar-refractivity contribution in [2.24, 2.45) is 34.5 Å². The fourth-order valence-electron chi connectivity index (χ4n) is 9.78. The van der Waals surface area contributed by atoms with Crippen molar-refractivity contribution in [3.63, 3.8) is 0 Å². The minimum atomic E-state index is -0.822. The van der Waals surface area contributed by atoms with Crippen LogP contribution in [0.1, 0.15) is 49.7 Å². The number of carbonyl (C=O) groups is 4. The SMILES string of the molecule is C=CCCC12C(=O)NC(=O)C1C1C=CC2(c2ccc(C34C=CC(C3)C3C(=O)NC(=O)C34CCC=C)cc2)C1. The summed E-state index contributed by atoms with van der Waals surface area (Å²) in [6.45, 7) is 7.74. The van der Waals surface area contributed by atoms with E-state index >= 15 is 0 Å². The average molecular weight is 509 g/mol. The standard InChI is InChI=1S/C32H32N2O4/c1-3-5-13-31-23(25(35)33-27(31)37)19-11-15-29(31,17-19)21-7-9-22(10-8-21)30-16-12-20(18-30)24-26(36)34-28(38)32(24,30)14-6-4-2/h3-4,7-12,15-16,19-20,23-24H,1-2,5-6,13-14,17-18H2,(H,33,35,37)(H,34,36,38). The molecule has 2 aliphatic heterocycles. The van der Waals surface area contributed by atoms with Crippen molar-refractivity contribution in [3.8, 4) is 0 Å². The molecule has 194 valence electrons. The van der Waals surface area contributed by atoms with Crippen LogP contribution in [0.4, 0.5) is 0 Å². The van der Waals surface area contributed by atoms with E-state index < -0.39 is 21.7 Å². The summed E-state index contributed by atoms with van der Waals surface area (Å²) in [6.07, 6.45) is 16.1. The van der Waals surface area contributed by atoms with Crippen molar-refractivity contribution >= 4 is 23.6 Å². The molecule has 4 aliphatic carbocycles. The maximum atomic E-state index is 13.5. The molecule has 4 amide bonds. The molecule has 8 atom stereocenters. The molecule has 6 heteroatoms. The first-order valence-electron chi connectivity index (χ1n) is 13.7. The lowest BCUT2D eigenvalue weighted by Gasteiger charge is -2.44. The average Bonchev–Trinajstić information content (AvgIpc) is 3.73. The Labute approximate surface area is 222 Å². The molecular weight excluding hydrogens is 476 g/mol. The van der Waals surface area contributed by atoms with Crippen LogP contribution in [0.25, 0.3) is 0 Å². The molecule has 1 aromatic rings. The lowest BCUT2D eigenvalue weighted by molar-refractivity contribution is -0.132. The van der Waals surface area contributed by atoms with Crippen LogP contribution in [0, 0.1) is 34.5 Å². The van der Waals surface area contributed by atoms with Crippen LogP contribution < -0.4 is 10.6 Å². The molecule has 7 rings (SSSR count). The fraction of sp³-hybridized carbons (Fsp3) is 0.438. The summed E-state index contributed by atoms with van der Waals surface area (Å²) in [5, 5.41) is 5.31. The van der Waals surface area contributed by atoms with Gasteiger partial charge in [0.2, 0.25) is 23.6 Å². The van der Waals surface area contributed by atoms with Gasteiger partial charge in [-0.2, -0.15) is 0 Å². The van der Waals surface area contributed by atoms with Gasteiger partial charge in [-0.25, -0.2) is 0 Å². The molecule has 1 aromatic carbocycles. The Balaban J connectivity index is 1.33. The van der Waals surface area contributed by atoms with E-state index in [1.54, 1.807) is 0 Å². The minimum Gasteiger partial charge on any atom is -0.296 e. The third kappa shape index (κ3) is 2.37. The number of imide groups is 2. The lowest BCUT2D eigenvalue weighted by Crippen LogP contribution is -2.49. The monoisotopic (exact) mass is 508 g/mol. The van der Waals surface area contributed by atoms with Crippen molar-refractivity contribution < 1.29 is 19.2 Å². The number of rotatable bonds is 8. The highest BCUT2D eigenvalue weighted by atomic mass is 16.2. The van der Waals surface area contributed by atoms with Crippen LogP contribution in [0.5, 0.6) is 0 Å². The second-order valence-corrected chi connectivity index (χ2v) is 12.2. The van der Waals surface area contributed by atoms with Crippen LogP contribution >= 0.6 is 0 Å². The fourth-order valence-corrected chi connectivity index (χ4v) is 9.78. The number of allylic oxidation sites excluding steroid dienone is 6. The molecule has 2 N–H and O–H groups in total. The number of amides is 4. The molecule has 8 unspecified atom stereocenters. The number of hydrogen-bond acceptors (Lipinski definition) is 4. The first-order chi connectivity index (χ1) is 18.3. The Morgan fingerprint density at radius 2 is 1.11 bits per heavy atom. The summed E-state index contributed by atoms with van der Waals surface area (Å²) >= 11 is 0. The summed E-state index contributed by atoms with van der Waals surface area (Å²) in [5.74, 6) is -1.31. The van der Waals surface area contributed by atoms with Crippen molar-refractivity contribution in [2.45, 2.75) is 49.4 Å². The van der Waals surface area contributed by atoms with Crippen LogP contribution in [0.3, 0.4) is 0 Å². The first kappa shape index (κ1) is 23.6. The number of fused-ring (bicyclic) bond motifs is 10. The molecule has 0 radical (unpaired) electrons. The quantitative estimate of drug-likeness (QED) is 0.413. The molecule has 0 spiro atoms. The molecule has 4 bridgehead atoms. The van der Waals surface area contributed by atoms with Gasteiger partial charge in [-0.1, -0.05) is 60.7 Å².